The molecule has 0 aromatic heterocycles. The van der Waals surface area contributed by atoms with Gasteiger partial charge in [-0.2, -0.15) is 0 Å². The van der Waals surface area contributed by atoms with Crippen LogP contribution >= 0.6 is 11.6 Å². The highest BCUT2D eigenvalue weighted by atomic mass is 35.5. The van der Waals surface area contributed by atoms with Crippen LogP contribution in [0.25, 0.3) is 0 Å². The number of aliphatic hydroxyl groups excluding tert-OH is 4. The van der Waals surface area contributed by atoms with E-state index in [0.717, 1.165) is 0 Å². The van der Waals surface area contributed by atoms with Gasteiger partial charge >= 0.3 is 0 Å². The van der Waals surface area contributed by atoms with E-state index in [2.05, 4.69) is 0 Å². The molecule has 0 amide bonds. The van der Waals surface area contributed by atoms with Gasteiger partial charge in [0.15, 0.2) is 0 Å². The van der Waals surface area contributed by atoms with Gasteiger partial charge in [0.05, 0.1) is 13.2 Å². The quantitative estimate of drug-likeness (QED) is 0.549. The molecule has 1 aliphatic heterocycles. The minimum Gasteiger partial charge on any atom is -0.394 e. The smallest absolute Gasteiger partial charge is 0.277 e. The van der Waals surface area contributed by atoms with E-state index in [1.165, 1.54) is 0 Å². The van der Waals surface area contributed by atoms with E-state index in [9.17, 15) is 15.3 Å². The van der Waals surface area contributed by atoms with Crippen LogP contribution in [0, 0.1) is 0 Å². The first-order valence-corrected chi connectivity index (χ1v) is 6.57. The van der Waals surface area contributed by atoms with Crippen LogP contribution in [-0.4, -0.2) is 58.1 Å². The van der Waals surface area contributed by atoms with Gasteiger partial charge in [0, 0.05) is 5.56 Å². The highest BCUT2D eigenvalue weighted by Crippen LogP contribution is 2.42. The monoisotopic (exact) mass is 304 g/mol. The average molecular weight is 305 g/mol. The third-order valence-electron chi connectivity index (χ3n) is 3.17. The van der Waals surface area contributed by atoms with Gasteiger partial charge < -0.3 is 29.9 Å². The van der Waals surface area contributed by atoms with Crippen LogP contribution in [0.4, 0.5) is 0 Å². The first-order chi connectivity index (χ1) is 9.51. The van der Waals surface area contributed by atoms with Crippen molar-refractivity contribution in [3.8, 4) is 0 Å². The zero-order valence-corrected chi connectivity index (χ0v) is 11.3. The van der Waals surface area contributed by atoms with E-state index in [1.54, 1.807) is 30.3 Å². The van der Waals surface area contributed by atoms with E-state index in [4.69, 9.17) is 26.2 Å². The van der Waals surface area contributed by atoms with Gasteiger partial charge in [-0.1, -0.05) is 41.9 Å². The maximum absolute atomic E-state index is 9.91. The molecule has 0 radical (unpaired) electrons. The van der Waals surface area contributed by atoms with E-state index < -0.39 is 42.9 Å². The lowest BCUT2D eigenvalue weighted by Gasteiger charge is -2.24. The van der Waals surface area contributed by atoms with Crippen LogP contribution in [0.2, 0.25) is 0 Å². The first kappa shape index (κ1) is 15.7. The number of ether oxygens (including phenoxy) is 2. The van der Waals surface area contributed by atoms with Gasteiger partial charge in [-0.15, -0.1) is 0 Å². The SMILES string of the molecule is OC[C@@H](O)[C@@H](O)[C@@H]1OC(Cl)(c2ccccc2)O[C@H]1CO. The second-order valence-electron chi connectivity index (χ2n) is 4.56. The van der Waals surface area contributed by atoms with Crippen LogP contribution in [0.1, 0.15) is 5.56 Å². The maximum atomic E-state index is 9.91. The minimum atomic E-state index is -1.64. The Morgan fingerprint density at radius 1 is 1.15 bits per heavy atom. The lowest BCUT2D eigenvalue weighted by atomic mass is 10.0. The van der Waals surface area contributed by atoms with Gasteiger partial charge in [0.1, 0.15) is 24.4 Å². The molecular formula is C13H17ClO6. The molecule has 6 nitrogen and oxygen atoms in total. The van der Waals surface area contributed by atoms with E-state index in [1.807, 2.05) is 0 Å². The van der Waals surface area contributed by atoms with Crippen molar-refractivity contribution in [2.75, 3.05) is 13.2 Å². The maximum Gasteiger partial charge on any atom is 0.277 e. The van der Waals surface area contributed by atoms with Crippen LogP contribution in [-0.2, 0) is 14.7 Å². The molecule has 1 fully saturated rings. The van der Waals surface area contributed by atoms with Crippen molar-refractivity contribution < 1.29 is 29.9 Å². The third-order valence-corrected chi connectivity index (χ3v) is 3.57. The lowest BCUT2D eigenvalue weighted by molar-refractivity contribution is -0.139. The molecule has 1 aliphatic rings. The fourth-order valence-electron chi connectivity index (χ4n) is 2.07. The summed E-state index contributed by atoms with van der Waals surface area (Å²) in [5, 5.41) is 35.9. The highest BCUT2D eigenvalue weighted by Gasteiger charge is 2.51. The van der Waals surface area contributed by atoms with Gasteiger partial charge in [-0.25, -0.2) is 0 Å². The number of aliphatic hydroxyl groups is 4. The van der Waals surface area contributed by atoms with E-state index in [0.29, 0.717) is 5.56 Å². The van der Waals surface area contributed by atoms with E-state index in [-0.39, 0.29) is 0 Å². The second-order valence-corrected chi connectivity index (χ2v) is 5.06. The molecule has 0 bridgehead atoms. The lowest BCUT2D eigenvalue weighted by Crippen LogP contribution is -2.45. The minimum absolute atomic E-state index is 0.443. The molecule has 2 rings (SSSR count). The Morgan fingerprint density at radius 3 is 2.35 bits per heavy atom. The van der Waals surface area contributed by atoms with Gasteiger partial charge in [-0.3, -0.25) is 0 Å². The van der Waals surface area contributed by atoms with Gasteiger partial charge in [0.2, 0.25) is 0 Å². The fourth-order valence-corrected chi connectivity index (χ4v) is 2.41. The fraction of sp³-hybridized carbons (Fsp3) is 0.538. The summed E-state index contributed by atoms with van der Waals surface area (Å²) >= 11 is 6.25. The van der Waals surface area contributed by atoms with Gasteiger partial charge in [-0.05, 0) is 0 Å². The predicted octanol–water partition coefficient (Wildman–Crippen LogP) is -0.474. The second kappa shape index (κ2) is 6.36. The molecule has 7 heteroatoms. The summed E-state index contributed by atoms with van der Waals surface area (Å²) in [5.41, 5.74) is 0.508. The molecule has 20 heavy (non-hydrogen) atoms. The molecule has 0 spiro atoms. The van der Waals surface area contributed by atoms with Gasteiger partial charge in [0.25, 0.3) is 5.25 Å². The van der Waals surface area contributed by atoms with Crippen molar-refractivity contribution >= 4 is 11.6 Å². The zero-order chi connectivity index (χ0) is 14.8. The first-order valence-electron chi connectivity index (χ1n) is 6.19. The zero-order valence-electron chi connectivity index (χ0n) is 10.6. The molecule has 1 heterocycles. The Hall–Kier alpha value is -0.730. The highest BCUT2D eigenvalue weighted by molar-refractivity contribution is 6.22. The Kier molecular flexibility index (Phi) is 4.98. The number of rotatable bonds is 5. The predicted molar refractivity (Wildman–Crippen MR) is 69.9 cm³/mol. The van der Waals surface area contributed by atoms with Crippen molar-refractivity contribution in [2.45, 2.75) is 29.7 Å². The summed E-state index contributed by atoms with van der Waals surface area (Å²) in [5.74, 6) is 0. The normalized spacial score (nSPS) is 33.0. The Morgan fingerprint density at radius 2 is 1.80 bits per heavy atom. The molecule has 1 saturated heterocycles. The van der Waals surface area contributed by atoms with Crippen molar-refractivity contribution in [1.29, 1.82) is 0 Å². The van der Waals surface area contributed by atoms with E-state index >= 15 is 0 Å². The van der Waals surface area contributed by atoms with Crippen molar-refractivity contribution in [1.82, 2.24) is 0 Å². The van der Waals surface area contributed by atoms with Crippen LogP contribution in [0.3, 0.4) is 0 Å². The number of alkyl halides is 1. The number of hydrogen-bond donors (Lipinski definition) is 4. The summed E-state index contributed by atoms with van der Waals surface area (Å²) < 4.78 is 10.9. The number of benzene rings is 1. The molecule has 1 aromatic rings. The summed E-state index contributed by atoms with van der Waals surface area (Å²) in [4.78, 5) is 0. The summed E-state index contributed by atoms with van der Waals surface area (Å²) in [6, 6.07) is 8.64. The van der Waals surface area contributed by atoms with Crippen molar-refractivity contribution in [3.05, 3.63) is 35.9 Å². The summed E-state index contributed by atoms with van der Waals surface area (Å²) in [7, 11) is 0. The Labute approximate surface area is 121 Å². The summed E-state index contributed by atoms with van der Waals surface area (Å²) in [6.45, 7) is -1.08. The molecule has 1 unspecified atom stereocenters. The van der Waals surface area contributed by atoms with Crippen LogP contribution < -0.4 is 0 Å². The van der Waals surface area contributed by atoms with Crippen molar-refractivity contribution in [3.63, 3.8) is 0 Å². The number of halogens is 1. The largest absolute Gasteiger partial charge is 0.394 e. The van der Waals surface area contributed by atoms with Crippen LogP contribution in [0.15, 0.2) is 30.3 Å². The molecule has 4 N–H and O–H groups in total. The van der Waals surface area contributed by atoms with Crippen LogP contribution in [0.5, 0.6) is 0 Å². The molecule has 112 valence electrons. The number of hydrogen-bond acceptors (Lipinski definition) is 6. The van der Waals surface area contributed by atoms with Crippen molar-refractivity contribution in [2.24, 2.45) is 0 Å². The molecule has 1 aromatic carbocycles. The Bertz CT molecular complexity index is 430. The Balaban J connectivity index is 2.21. The molecule has 5 atom stereocenters. The summed E-state index contributed by atoms with van der Waals surface area (Å²) in [6.07, 6.45) is -4.81. The third kappa shape index (κ3) is 2.96. The molecule has 0 saturated carbocycles. The molecular weight excluding hydrogens is 288 g/mol. The molecule has 0 aliphatic carbocycles. The average Bonchev–Trinajstić information content (AvgIpc) is 2.85. The standard InChI is InChI=1S/C13H17ClO6/c14-13(8-4-2-1-3-5-8)19-10(7-16)12(20-13)11(18)9(17)6-15/h1-5,9-12,15-18H,6-7H2/t9-,10+,11-,12-,13?/m1/s1. The topological polar surface area (TPSA) is 99.4 Å².